The number of ether oxygens (including phenoxy) is 1. The van der Waals surface area contributed by atoms with Crippen molar-refractivity contribution in [2.75, 3.05) is 7.11 Å². The Morgan fingerprint density at radius 2 is 1.50 bits per heavy atom. The smallest absolute Gasteiger partial charge is 0.463 e. The van der Waals surface area contributed by atoms with Crippen molar-refractivity contribution in [3.63, 3.8) is 0 Å². The van der Waals surface area contributed by atoms with Crippen LogP contribution in [0, 0.1) is 11.8 Å². The molecule has 0 rings (SSSR count). The molecule has 0 aliphatic carbocycles. The van der Waals surface area contributed by atoms with Crippen LogP contribution in [0.25, 0.3) is 0 Å². The minimum Gasteiger partial charge on any atom is -0.478 e. The van der Waals surface area contributed by atoms with Gasteiger partial charge in [-0.25, -0.2) is 0 Å². The zero-order valence-corrected chi connectivity index (χ0v) is 13.1. The normalized spacial score (nSPS) is 13.5. The van der Waals surface area contributed by atoms with E-state index in [1.54, 1.807) is 7.11 Å². The fourth-order valence-electron chi connectivity index (χ4n) is 1.95. The SMILES string of the molecule is CCCC(OC)[O][Al]([CH2]C(C)C)[CH2]C(C)C. The van der Waals surface area contributed by atoms with E-state index in [4.69, 9.17) is 8.53 Å². The largest absolute Gasteiger partial charge is 0.478 e. The number of hydrogen-bond donors (Lipinski definition) is 0. The third kappa shape index (κ3) is 8.59. The van der Waals surface area contributed by atoms with E-state index >= 15 is 0 Å². The van der Waals surface area contributed by atoms with Crippen molar-refractivity contribution in [1.82, 2.24) is 0 Å². The molecule has 0 aromatic carbocycles. The summed E-state index contributed by atoms with van der Waals surface area (Å²) in [5.74, 6) is 1.49. The first-order chi connectivity index (χ1) is 7.49. The van der Waals surface area contributed by atoms with Crippen molar-refractivity contribution >= 4 is 14.5 Å². The summed E-state index contributed by atoms with van der Waals surface area (Å²) in [6.07, 6.45) is 2.19. The molecule has 0 saturated heterocycles. The molecule has 0 heterocycles. The first-order valence-corrected chi connectivity index (χ1v) is 8.78. The number of methoxy groups -OCH3 is 1. The van der Waals surface area contributed by atoms with Crippen LogP contribution >= 0.6 is 0 Å². The van der Waals surface area contributed by atoms with Gasteiger partial charge in [-0.3, -0.25) is 0 Å². The Hall–Kier alpha value is 0.452. The fraction of sp³-hybridized carbons (Fsp3) is 1.00. The summed E-state index contributed by atoms with van der Waals surface area (Å²) in [6, 6.07) is 0. The Morgan fingerprint density at radius 3 is 1.81 bits per heavy atom. The monoisotopic (exact) mass is 244 g/mol. The van der Waals surface area contributed by atoms with Crippen molar-refractivity contribution < 1.29 is 8.53 Å². The molecular weight excluding hydrogens is 215 g/mol. The van der Waals surface area contributed by atoms with E-state index < -0.39 is 14.5 Å². The second-order valence-electron chi connectivity index (χ2n) is 5.47. The summed E-state index contributed by atoms with van der Waals surface area (Å²) in [4.78, 5) is 0. The van der Waals surface area contributed by atoms with Crippen LogP contribution in [0.15, 0.2) is 0 Å². The molecule has 96 valence electrons. The molecule has 0 aromatic rings. The number of hydrogen-bond acceptors (Lipinski definition) is 2. The third-order valence-corrected chi connectivity index (χ3v) is 6.23. The van der Waals surface area contributed by atoms with Crippen molar-refractivity contribution in [3.05, 3.63) is 0 Å². The Kier molecular flexibility index (Phi) is 9.75. The van der Waals surface area contributed by atoms with Crippen LogP contribution in [-0.2, 0) is 8.53 Å². The zero-order chi connectivity index (χ0) is 12.6. The van der Waals surface area contributed by atoms with Gasteiger partial charge in [-0.05, 0) is 6.42 Å². The standard InChI is InChI=1S/C5H11O2.2C4H9.Al/c1-3-4-5(6)7-2;2*1-4(2)3;/h5H,3-4H2,1-2H3;2*4H,1H2,2-3H3;/q-1;;;+1. The lowest BCUT2D eigenvalue weighted by atomic mass is 10.3. The molecule has 0 saturated carbocycles. The van der Waals surface area contributed by atoms with E-state index in [1.165, 1.54) is 10.6 Å². The second-order valence-corrected chi connectivity index (χ2v) is 7.93. The molecule has 0 aromatic heterocycles. The minimum absolute atomic E-state index is 0.0409. The highest BCUT2D eigenvalue weighted by Gasteiger charge is 2.26. The van der Waals surface area contributed by atoms with Crippen molar-refractivity contribution in [2.24, 2.45) is 11.8 Å². The van der Waals surface area contributed by atoms with Crippen LogP contribution in [0.4, 0.5) is 0 Å². The van der Waals surface area contributed by atoms with Gasteiger partial charge in [0.05, 0.1) is 0 Å². The van der Waals surface area contributed by atoms with Crippen LogP contribution in [0.5, 0.6) is 0 Å². The summed E-state index contributed by atoms with van der Waals surface area (Å²) in [5.41, 5.74) is 0. The molecular formula is C13H29AlO2. The van der Waals surface area contributed by atoms with E-state index in [9.17, 15) is 0 Å². The van der Waals surface area contributed by atoms with E-state index in [1.807, 2.05) is 0 Å². The zero-order valence-electron chi connectivity index (χ0n) is 12.0. The predicted octanol–water partition coefficient (Wildman–Crippen LogP) is 4.08. The minimum atomic E-state index is -1.08. The summed E-state index contributed by atoms with van der Waals surface area (Å²) >= 11 is -1.08. The van der Waals surface area contributed by atoms with Crippen molar-refractivity contribution in [2.45, 2.75) is 64.3 Å². The van der Waals surface area contributed by atoms with Crippen LogP contribution in [0.1, 0.15) is 47.5 Å². The van der Waals surface area contributed by atoms with Crippen LogP contribution in [-0.4, -0.2) is 27.9 Å². The number of rotatable bonds is 9. The molecule has 0 N–H and O–H groups in total. The lowest BCUT2D eigenvalue weighted by Gasteiger charge is -2.23. The lowest BCUT2D eigenvalue weighted by molar-refractivity contribution is -0.0623. The summed E-state index contributed by atoms with van der Waals surface area (Å²) in [7, 11) is 1.76. The van der Waals surface area contributed by atoms with E-state index in [2.05, 4.69) is 34.6 Å². The van der Waals surface area contributed by atoms with E-state index in [-0.39, 0.29) is 6.29 Å². The molecule has 0 aliphatic rings. The molecule has 16 heavy (non-hydrogen) atoms. The summed E-state index contributed by atoms with van der Waals surface area (Å²) in [5, 5.41) is 2.53. The van der Waals surface area contributed by atoms with Crippen molar-refractivity contribution in [1.29, 1.82) is 0 Å². The van der Waals surface area contributed by atoms with Crippen LogP contribution < -0.4 is 0 Å². The predicted molar refractivity (Wildman–Crippen MR) is 71.8 cm³/mol. The van der Waals surface area contributed by atoms with Gasteiger partial charge in [-0.1, -0.05) is 63.4 Å². The van der Waals surface area contributed by atoms with Gasteiger partial charge in [0.15, 0.2) is 0 Å². The van der Waals surface area contributed by atoms with Gasteiger partial charge >= 0.3 is 14.5 Å². The topological polar surface area (TPSA) is 18.5 Å². The summed E-state index contributed by atoms with van der Waals surface area (Å²) < 4.78 is 11.6. The Balaban J connectivity index is 4.15. The molecule has 0 aliphatic heterocycles. The molecule has 0 radical (unpaired) electrons. The maximum atomic E-state index is 6.18. The van der Waals surface area contributed by atoms with E-state index in [0.29, 0.717) is 0 Å². The fourth-order valence-corrected chi connectivity index (χ4v) is 5.15. The molecule has 1 atom stereocenters. The molecule has 0 bridgehead atoms. The molecule has 2 nitrogen and oxygen atoms in total. The average Bonchev–Trinajstić information content (AvgIpc) is 2.14. The van der Waals surface area contributed by atoms with Gasteiger partial charge in [0.2, 0.25) is 0 Å². The Morgan fingerprint density at radius 1 is 1.00 bits per heavy atom. The van der Waals surface area contributed by atoms with Gasteiger partial charge in [0.1, 0.15) is 6.29 Å². The molecule has 0 amide bonds. The highest BCUT2D eigenvalue weighted by molar-refractivity contribution is 6.51. The van der Waals surface area contributed by atoms with Gasteiger partial charge in [0.25, 0.3) is 0 Å². The molecule has 0 fully saturated rings. The van der Waals surface area contributed by atoms with Gasteiger partial charge < -0.3 is 8.53 Å². The van der Waals surface area contributed by atoms with E-state index in [0.717, 1.165) is 24.7 Å². The highest BCUT2D eigenvalue weighted by atomic mass is 27.2. The highest BCUT2D eigenvalue weighted by Crippen LogP contribution is 2.18. The van der Waals surface area contributed by atoms with Crippen molar-refractivity contribution in [3.8, 4) is 0 Å². The van der Waals surface area contributed by atoms with Gasteiger partial charge in [-0.2, -0.15) is 0 Å². The maximum absolute atomic E-state index is 6.18. The Labute approximate surface area is 106 Å². The molecule has 3 heteroatoms. The Bertz CT molecular complexity index is 150. The summed E-state index contributed by atoms with van der Waals surface area (Å²) in [6.45, 7) is 11.3. The van der Waals surface area contributed by atoms with Crippen LogP contribution in [0.3, 0.4) is 0 Å². The quantitative estimate of drug-likeness (QED) is 0.449. The second kappa shape index (κ2) is 9.48. The average molecular weight is 244 g/mol. The van der Waals surface area contributed by atoms with Gasteiger partial charge in [0, 0.05) is 7.11 Å². The molecule has 0 spiro atoms. The first-order valence-electron chi connectivity index (χ1n) is 6.67. The van der Waals surface area contributed by atoms with Gasteiger partial charge in [-0.15, -0.1) is 0 Å². The third-order valence-electron chi connectivity index (χ3n) is 2.60. The lowest BCUT2D eigenvalue weighted by Crippen LogP contribution is -2.29. The first kappa shape index (κ1) is 16.5. The maximum Gasteiger partial charge on any atom is 0.463 e. The molecule has 1 unspecified atom stereocenters. The van der Waals surface area contributed by atoms with Crippen LogP contribution in [0.2, 0.25) is 10.6 Å².